The maximum atomic E-state index is 5.38. The SMILES string of the molecule is Cc1c(NN)ncnc1Nc1cc(Br)ccc1Br. The van der Waals surface area contributed by atoms with Gasteiger partial charge in [-0.2, -0.15) is 0 Å². The first-order valence-corrected chi connectivity index (χ1v) is 6.70. The second-order valence-electron chi connectivity index (χ2n) is 3.59. The Hall–Kier alpha value is -1.18. The fourth-order valence-corrected chi connectivity index (χ4v) is 2.15. The fraction of sp³-hybridized carbons (Fsp3) is 0.0909. The third-order valence-corrected chi connectivity index (χ3v) is 3.59. The van der Waals surface area contributed by atoms with Crippen molar-refractivity contribution in [3.05, 3.63) is 39.0 Å². The molecule has 2 aromatic rings. The number of hydrogen-bond acceptors (Lipinski definition) is 5. The molecular weight excluding hydrogens is 362 g/mol. The molecule has 0 atom stereocenters. The monoisotopic (exact) mass is 371 g/mol. The van der Waals surface area contributed by atoms with Crippen LogP contribution in [-0.4, -0.2) is 9.97 Å². The van der Waals surface area contributed by atoms with E-state index in [1.54, 1.807) is 0 Å². The normalized spacial score (nSPS) is 10.2. The number of hydrogen-bond donors (Lipinski definition) is 3. The van der Waals surface area contributed by atoms with Gasteiger partial charge in [-0.3, -0.25) is 0 Å². The van der Waals surface area contributed by atoms with Gasteiger partial charge >= 0.3 is 0 Å². The molecule has 0 saturated carbocycles. The van der Waals surface area contributed by atoms with Gasteiger partial charge in [-0.25, -0.2) is 15.8 Å². The van der Waals surface area contributed by atoms with Crippen molar-refractivity contribution in [3.63, 3.8) is 0 Å². The van der Waals surface area contributed by atoms with Gasteiger partial charge in [0.1, 0.15) is 18.0 Å². The number of nitrogen functional groups attached to an aromatic ring is 1. The zero-order chi connectivity index (χ0) is 13.1. The summed E-state index contributed by atoms with van der Waals surface area (Å²) in [6.07, 6.45) is 1.45. The summed E-state index contributed by atoms with van der Waals surface area (Å²) in [5, 5.41) is 3.23. The minimum atomic E-state index is 0.596. The summed E-state index contributed by atoms with van der Waals surface area (Å²) in [6, 6.07) is 5.86. The molecule has 0 aliphatic rings. The summed E-state index contributed by atoms with van der Waals surface area (Å²) in [4.78, 5) is 8.23. The van der Waals surface area contributed by atoms with Gasteiger partial charge in [-0.05, 0) is 41.1 Å². The van der Waals surface area contributed by atoms with Crippen molar-refractivity contribution in [2.75, 3.05) is 10.7 Å². The maximum absolute atomic E-state index is 5.38. The second kappa shape index (κ2) is 5.64. The Bertz CT molecular complexity index is 573. The van der Waals surface area contributed by atoms with Crippen LogP contribution in [0.1, 0.15) is 5.56 Å². The Morgan fingerprint density at radius 1 is 1.17 bits per heavy atom. The molecule has 18 heavy (non-hydrogen) atoms. The molecule has 4 N–H and O–H groups in total. The number of benzene rings is 1. The van der Waals surface area contributed by atoms with Gasteiger partial charge in [0, 0.05) is 14.5 Å². The number of anilines is 3. The van der Waals surface area contributed by atoms with Crippen molar-refractivity contribution < 1.29 is 0 Å². The first-order chi connectivity index (χ1) is 8.61. The minimum absolute atomic E-state index is 0.596. The lowest BCUT2D eigenvalue weighted by atomic mass is 10.3. The lowest BCUT2D eigenvalue weighted by molar-refractivity contribution is 1.10. The molecule has 94 valence electrons. The molecule has 7 heteroatoms. The van der Waals surface area contributed by atoms with Crippen molar-refractivity contribution in [3.8, 4) is 0 Å². The summed E-state index contributed by atoms with van der Waals surface area (Å²) < 4.78 is 1.93. The van der Waals surface area contributed by atoms with Crippen LogP contribution in [0.15, 0.2) is 33.5 Å². The number of rotatable bonds is 3. The van der Waals surface area contributed by atoms with Gasteiger partial charge in [0.05, 0.1) is 5.69 Å². The van der Waals surface area contributed by atoms with E-state index >= 15 is 0 Å². The highest BCUT2D eigenvalue weighted by molar-refractivity contribution is 9.11. The van der Waals surface area contributed by atoms with Crippen LogP contribution >= 0.6 is 31.9 Å². The van der Waals surface area contributed by atoms with E-state index in [0.29, 0.717) is 11.6 Å². The molecule has 0 fully saturated rings. The Morgan fingerprint density at radius 2 is 1.89 bits per heavy atom. The summed E-state index contributed by atoms with van der Waals surface area (Å²) in [5.74, 6) is 6.68. The lowest BCUT2D eigenvalue weighted by Crippen LogP contribution is -2.11. The molecule has 1 heterocycles. The molecule has 0 aliphatic carbocycles. The van der Waals surface area contributed by atoms with Crippen LogP contribution in [0.2, 0.25) is 0 Å². The lowest BCUT2D eigenvalue weighted by Gasteiger charge is -2.12. The van der Waals surface area contributed by atoms with Gasteiger partial charge in [-0.15, -0.1) is 0 Å². The first-order valence-electron chi connectivity index (χ1n) is 5.12. The van der Waals surface area contributed by atoms with E-state index in [4.69, 9.17) is 5.84 Å². The molecule has 1 aromatic carbocycles. The van der Waals surface area contributed by atoms with Gasteiger partial charge in [0.25, 0.3) is 0 Å². The predicted molar refractivity (Wildman–Crippen MR) is 79.7 cm³/mol. The molecule has 0 unspecified atom stereocenters. The van der Waals surface area contributed by atoms with Crippen molar-refractivity contribution in [2.24, 2.45) is 5.84 Å². The molecule has 0 spiro atoms. The summed E-state index contributed by atoms with van der Waals surface area (Å²) >= 11 is 6.91. The maximum Gasteiger partial charge on any atom is 0.148 e. The molecule has 0 saturated heterocycles. The number of hydrazine groups is 1. The highest BCUT2D eigenvalue weighted by Crippen LogP contribution is 2.30. The third-order valence-electron chi connectivity index (χ3n) is 2.40. The summed E-state index contributed by atoms with van der Waals surface area (Å²) in [5.41, 5.74) is 4.30. The molecule has 2 rings (SSSR count). The van der Waals surface area contributed by atoms with E-state index in [-0.39, 0.29) is 0 Å². The van der Waals surface area contributed by atoms with Crippen LogP contribution in [0.25, 0.3) is 0 Å². The molecule has 0 bridgehead atoms. The number of halogens is 2. The van der Waals surface area contributed by atoms with E-state index in [1.165, 1.54) is 6.33 Å². The van der Waals surface area contributed by atoms with E-state index in [1.807, 2.05) is 25.1 Å². The second-order valence-corrected chi connectivity index (χ2v) is 5.36. The first kappa shape index (κ1) is 13.3. The van der Waals surface area contributed by atoms with Crippen LogP contribution in [0.5, 0.6) is 0 Å². The molecule has 5 nitrogen and oxygen atoms in total. The van der Waals surface area contributed by atoms with Crippen LogP contribution in [0, 0.1) is 6.92 Å². The number of aromatic nitrogens is 2. The van der Waals surface area contributed by atoms with Crippen LogP contribution < -0.4 is 16.6 Å². The summed E-state index contributed by atoms with van der Waals surface area (Å²) in [7, 11) is 0. The fourth-order valence-electron chi connectivity index (χ4n) is 1.44. The highest BCUT2D eigenvalue weighted by atomic mass is 79.9. The van der Waals surface area contributed by atoms with Gasteiger partial charge in [0.2, 0.25) is 0 Å². The Morgan fingerprint density at radius 3 is 2.61 bits per heavy atom. The predicted octanol–water partition coefficient (Wildman–Crippen LogP) is 3.34. The van der Waals surface area contributed by atoms with Gasteiger partial charge < -0.3 is 10.7 Å². The van der Waals surface area contributed by atoms with E-state index < -0.39 is 0 Å². The third kappa shape index (κ3) is 2.80. The van der Waals surface area contributed by atoms with Crippen LogP contribution in [-0.2, 0) is 0 Å². The largest absolute Gasteiger partial charge is 0.339 e. The average Bonchev–Trinajstić information content (AvgIpc) is 2.36. The van der Waals surface area contributed by atoms with Crippen molar-refractivity contribution in [1.29, 1.82) is 0 Å². The number of nitrogens with two attached hydrogens (primary N) is 1. The zero-order valence-electron chi connectivity index (χ0n) is 9.54. The molecular formula is C11H11Br2N5. The molecule has 0 radical (unpaired) electrons. The minimum Gasteiger partial charge on any atom is -0.339 e. The van der Waals surface area contributed by atoms with Crippen LogP contribution in [0.4, 0.5) is 17.3 Å². The number of nitrogens with zero attached hydrogens (tertiary/aromatic N) is 2. The Balaban J connectivity index is 2.37. The molecule has 0 aliphatic heterocycles. The highest BCUT2D eigenvalue weighted by Gasteiger charge is 2.08. The zero-order valence-corrected chi connectivity index (χ0v) is 12.7. The smallest absolute Gasteiger partial charge is 0.148 e. The Labute approximate surface area is 121 Å². The van der Waals surface area contributed by atoms with E-state index in [9.17, 15) is 0 Å². The summed E-state index contributed by atoms with van der Waals surface area (Å²) in [6.45, 7) is 1.89. The standard InChI is InChI=1S/C11H11Br2N5/c1-6-10(15-5-16-11(6)18-14)17-9-4-7(12)2-3-8(9)13/h2-5H,14H2,1H3,(H2,15,16,17,18). The molecule has 1 aromatic heterocycles. The molecule has 0 amide bonds. The topological polar surface area (TPSA) is 75.9 Å². The average molecular weight is 373 g/mol. The van der Waals surface area contributed by atoms with E-state index in [2.05, 4.69) is 52.6 Å². The van der Waals surface area contributed by atoms with Gasteiger partial charge in [-0.1, -0.05) is 15.9 Å². The van der Waals surface area contributed by atoms with Crippen molar-refractivity contribution in [2.45, 2.75) is 6.92 Å². The quantitative estimate of drug-likeness (QED) is 0.569. The van der Waals surface area contributed by atoms with Gasteiger partial charge in [0.15, 0.2) is 0 Å². The number of nitrogens with one attached hydrogen (secondary N) is 2. The Kier molecular flexibility index (Phi) is 4.15. The van der Waals surface area contributed by atoms with Crippen molar-refractivity contribution >= 4 is 49.2 Å². The van der Waals surface area contributed by atoms with E-state index in [0.717, 1.165) is 20.2 Å². The van der Waals surface area contributed by atoms with Crippen molar-refractivity contribution in [1.82, 2.24) is 9.97 Å². The van der Waals surface area contributed by atoms with Crippen LogP contribution in [0.3, 0.4) is 0 Å².